The van der Waals surface area contributed by atoms with E-state index in [1.165, 1.54) is 6.20 Å². The zero-order chi connectivity index (χ0) is 18.7. The van der Waals surface area contributed by atoms with E-state index in [4.69, 9.17) is 28.9 Å². The monoisotopic (exact) mass is 382 g/mol. The van der Waals surface area contributed by atoms with Crippen molar-refractivity contribution in [3.63, 3.8) is 0 Å². The Kier molecular flexibility index (Phi) is 6.02. The zero-order valence-electron chi connectivity index (χ0n) is 14.5. The molecule has 0 saturated carbocycles. The number of carbonyl (C=O) groups is 1. The summed E-state index contributed by atoms with van der Waals surface area (Å²) in [5.41, 5.74) is 7.15. The number of nitrogens with one attached hydrogen (secondary N) is 1. The third-order valence-electron chi connectivity index (χ3n) is 3.40. The topological polar surface area (TPSA) is 97.0 Å². The zero-order valence-corrected chi connectivity index (χ0v) is 16.0. The summed E-state index contributed by atoms with van der Waals surface area (Å²) in [6.07, 6.45) is 1.46. The van der Waals surface area contributed by atoms with Crippen LogP contribution in [0.15, 0.2) is 12.3 Å². The molecule has 1 amide bonds. The number of aryl methyl sites for hydroxylation is 1. The molecule has 0 atom stereocenters. The van der Waals surface area contributed by atoms with Gasteiger partial charge in [-0.25, -0.2) is 15.0 Å². The van der Waals surface area contributed by atoms with Crippen LogP contribution in [0.5, 0.6) is 0 Å². The van der Waals surface area contributed by atoms with Gasteiger partial charge in [-0.2, -0.15) is 0 Å². The minimum absolute atomic E-state index is 0.00656. The van der Waals surface area contributed by atoms with Crippen molar-refractivity contribution in [3.8, 4) is 0 Å². The van der Waals surface area contributed by atoms with Gasteiger partial charge < -0.3 is 16.0 Å². The molecule has 7 nitrogen and oxygen atoms in total. The Morgan fingerprint density at radius 1 is 1.36 bits per heavy atom. The molecule has 0 aromatic carbocycles. The first kappa shape index (κ1) is 19.2. The molecule has 2 heterocycles. The average molecular weight is 383 g/mol. The number of nitrogens with zero attached hydrogens (tertiary/aromatic N) is 4. The molecule has 0 fully saturated rings. The number of nitrogen functional groups attached to an aromatic ring is 1. The fourth-order valence-electron chi connectivity index (χ4n) is 2.30. The maximum atomic E-state index is 12.5. The Morgan fingerprint density at radius 2 is 2.04 bits per heavy atom. The van der Waals surface area contributed by atoms with Gasteiger partial charge in [0.2, 0.25) is 0 Å². The van der Waals surface area contributed by atoms with Gasteiger partial charge in [0.05, 0.1) is 11.9 Å². The van der Waals surface area contributed by atoms with Crippen molar-refractivity contribution < 1.29 is 4.79 Å². The average Bonchev–Trinajstić information content (AvgIpc) is 2.51. The highest BCUT2D eigenvalue weighted by atomic mass is 35.5. The van der Waals surface area contributed by atoms with E-state index in [1.54, 1.807) is 13.0 Å². The van der Waals surface area contributed by atoms with E-state index in [0.717, 1.165) is 12.1 Å². The van der Waals surface area contributed by atoms with Gasteiger partial charge in [-0.15, -0.1) is 0 Å². The Balaban J connectivity index is 2.27. The van der Waals surface area contributed by atoms with Gasteiger partial charge in [-0.3, -0.25) is 4.79 Å². The number of nitrogens with two attached hydrogens (primary N) is 1. The van der Waals surface area contributed by atoms with E-state index in [-0.39, 0.29) is 16.7 Å². The molecule has 0 aliphatic carbocycles. The molecule has 2 aromatic rings. The van der Waals surface area contributed by atoms with E-state index in [1.807, 2.05) is 11.9 Å². The number of amides is 1. The summed E-state index contributed by atoms with van der Waals surface area (Å²) in [5, 5.41) is 3.15. The lowest BCUT2D eigenvalue weighted by molar-refractivity contribution is 0.102. The molecule has 0 aliphatic rings. The number of halogens is 2. The molecule has 2 aromatic heterocycles. The van der Waals surface area contributed by atoms with Crippen LogP contribution in [0.1, 0.15) is 29.9 Å². The highest BCUT2D eigenvalue weighted by molar-refractivity contribution is 6.32. The number of hydrogen-bond acceptors (Lipinski definition) is 6. The molecule has 0 bridgehead atoms. The van der Waals surface area contributed by atoms with Crippen LogP contribution in [-0.2, 0) is 0 Å². The predicted molar refractivity (Wildman–Crippen MR) is 101 cm³/mol. The van der Waals surface area contributed by atoms with Gasteiger partial charge >= 0.3 is 0 Å². The highest BCUT2D eigenvalue weighted by Gasteiger charge is 2.20. The molecule has 3 N–H and O–H groups in total. The SMILES string of the molecule is Cc1cc(Cl)ncc1NC(=O)c1nc(Cl)c(N(C)CC(C)C)nc1N. The summed E-state index contributed by atoms with van der Waals surface area (Å²) in [5.74, 6) is 0.338. The first-order chi connectivity index (χ1) is 11.7. The summed E-state index contributed by atoms with van der Waals surface area (Å²) in [6, 6.07) is 1.64. The number of carbonyl (C=O) groups excluding carboxylic acids is 1. The lowest BCUT2D eigenvalue weighted by Crippen LogP contribution is -2.26. The minimum atomic E-state index is -0.516. The second kappa shape index (κ2) is 7.84. The van der Waals surface area contributed by atoms with E-state index in [9.17, 15) is 4.79 Å². The van der Waals surface area contributed by atoms with Gasteiger partial charge in [0.15, 0.2) is 22.5 Å². The van der Waals surface area contributed by atoms with Gasteiger partial charge in [0.25, 0.3) is 5.91 Å². The van der Waals surface area contributed by atoms with Crippen molar-refractivity contribution in [2.45, 2.75) is 20.8 Å². The molecule has 0 aliphatic heterocycles. The molecule has 0 saturated heterocycles. The van der Waals surface area contributed by atoms with Crippen LogP contribution in [-0.4, -0.2) is 34.5 Å². The van der Waals surface area contributed by atoms with E-state index < -0.39 is 5.91 Å². The Hall–Kier alpha value is -2.12. The molecule has 0 spiro atoms. The van der Waals surface area contributed by atoms with Crippen LogP contribution in [0.3, 0.4) is 0 Å². The molecule has 2 rings (SSSR count). The van der Waals surface area contributed by atoms with Gasteiger partial charge in [0, 0.05) is 13.6 Å². The first-order valence-electron chi connectivity index (χ1n) is 7.66. The van der Waals surface area contributed by atoms with Crippen molar-refractivity contribution >= 4 is 46.4 Å². The Bertz CT molecular complexity index is 796. The van der Waals surface area contributed by atoms with Crippen LogP contribution >= 0.6 is 23.2 Å². The lowest BCUT2D eigenvalue weighted by atomic mass is 10.2. The number of aromatic nitrogens is 3. The third-order valence-corrected chi connectivity index (χ3v) is 3.86. The molecule has 0 unspecified atom stereocenters. The number of pyridine rings is 1. The Labute approximate surface area is 156 Å². The summed E-state index contributed by atoms with van der Waals surface area (Å²) in [4.78, 5) is 26.6. The van der Waals surface area contributed by atoms with Gasteiger partial charge in [-0.05, 0) is 24.5 Å². The van der Waals surface area contributed by atoms with Crippen LogP contribution in [0.4, 0.5) is 17.3 Å². The molecule has 9 heteroatoms. The molecule has 0 radical (unpaired) electrons. The standard InChI is InChI=1S/C16H20Cl2N6O/c1-8(2)7-24(4)15-13(18)22-12(14(19)23-15)16(25)21-10-6-20-11(17)5-9(10)3/h5-6,8H,7H2,1-4H3,(H2,19,23)(H,21,25). The molecule has 25 heavy (non-hydrogen) atoms. The maximum absolute atomic E-state index is 12.5. The highest BCUT2D eigenvalue weighted by Crippen LogP contribution is 2.25. The number of anilines is 3. The van der Waals surface area contributed by atoms with Crippen molar-refractivity contribution in [2.24, 2.45) is 5.92 Å². The predicted octanol–water partition coefficient (Wildman–Crippen LogP) is 3.41. The first-order valence-corrected chi connectivity index (χ1v) is 8.42. The van der Waals surface area contributed by atoms with Crippen LogP contribution in [0.2, 0.25) is 10.3 Å². The second-order valence-corrected chi connectivity index (χ2v) is 6.87. The van der Waals surface area contributed by atoms with Crippen molar-refractivity contribution in [1.82, 2.24) is 15.0 Å². The van der Waals surface area contributed by atoms with Crippen LogP contribution in [0.25, 0.3) is 0 Å². The molecular formula is C16H20Cl2N6O. The quantitative estimate of drug-likeness (QED) is 0.768. The van der Waals surface area contributed by atoms with E-state index in [0.29, 0.717) is 22.6 Å². The summed E-state index contributed by atoms with van der Waals surface area (Å²) >= 11 is 12.0. The summed E-state index contributed by atoms with van der Waals surface area (Å²) in [7, 11) is 1.85. The maximum Gasteiger partial charge on any atom is 0.278 e. The number of hydrogen-bond donors (Lipinski definition) is 2. The van der Waals surface area contributed by atoms with Crippen molar-refractivity contribution in [1.29, 1.82) is 0 Å². The number of rotatable bonds is 5. The lowest BCUT2D eigenvalue weighted by Gasteiger charge is -2.21. The third kappa shape index (κ3) is 4.70. The van der Waals surface area contributed by atoms with Crippen molar-refractivity contribution in [2.75, 3.05) is 29.5 Å². The van der Waals surface area contributed by atoms with E-state index in [2.05, 4.69) is 34.1 Å². The second-order valence-electron chi connectivity index (χ2n) is 6.12. The van der Waals surface area contributed by atoms with Crippen LogP contribution < -0.4 is 16.0 Å². The summed E-state index contributed by atoms with van der Waals surface area (Å²) in [6.45, 7) is 6.68. The largest absolute Gasteiger partial charge is 0.382 e. The fourth-order valence-corrected chi connectivity index (χ4v) is 2.78. The molecular weight excluding hydrogens is 363 g/mol. The van der Waals surface area contributed by atoms with Crippen LogP contribution in [0, 0.1) is 12.8 Å². The van der Waals surface area contributed by atoms with Gasteiger partial charge in [-0.1, -0.05) is 37.0 Å². The smallest absolute Gasteiger partial charge is 0.278 e. The van der Waals surface area contributed by atoms with Crippen molar-refractivity contribution in [3.05, 3.63) is 33.8 Å². The normalized spacial score (nSPS) is 10.8. The fraction of sp³-hybridized carbons (Fsp3) is 0.375. The molecule has 134 valence electrons. The Morgan fingerprint density at radius 3 is 2.64 bits per heavy atom. The van der Waals surface area contributed by atoms with Gasteiger partial charge in [0.1, 0.15) is 5.15 Å². The minimum Gasteiger partial charge on any atom is -0.382 e. The van der Waals surface area contributed by atoms with E-state index >= 15 is 0 Å². The summed E-state index contributed by atoms with van der Waals surface area (Å²) < 4.78 is 0.